The molecule has 0 saturated heterocycles. The van der Waals surface area contributed by atoms with Crippen molar-refractivity contribution < 1.29 is 5.11 Å². The third kappa shape index (κ3) is 2.56. The van der Waals surface area contributed by atoms with Gasteiger partial charge in [-0.05, 0) is 30.9 Å². The zero-order chi connectivity index (χ0) is 11.4. The normalized spacial score (nSPS) is 25.4. The zero-order valence-electron chi connectivity index (χ0n) is 9.95. The van der Waals surface area contributed by atoms with Crippen molar-refractivity contribution in [3.8, 4) is 0 Å². The molecule has 1 aliphatic carbocycles. The molecule has 1 saturated carbocycles. The van der Waals surface area contributed by atoms with Gasteiger partial charge in [0.25, 0.3) is 0 Å². The maximum atomic E-state index is 9.93. The van der Waals surface area contributed by atoms with Gasteiger partial charge in [-0.3, -0.25) is 0 Å². The zero-order valence-corrected chi connectivity index (χ0v) is 9.95. The molecule has 0 aliphatic heterocycles. The Morgan fingerprint density at radius 2 is 2.00 bits per heavy atom. The number of hydrogen-bond acceptors (Lipinski definition) is 2. The molecule has 16 heavy (non-hydrogen) atoms. The minimum atomic E-state index is -0.182. The summed E-state index contributed by atoms with van der Waals surface area (Å²) in [5, 5.41) is 13.4. The first kappa shape index (κ1) is 11.5. The lowest BCUT2D eigenvalue weighted by Gasteiger charge is -2.30. The van der Waals surface area contributed by atoms with Gasteiger partial charge in [-0.2, -0.15) is 0 Å². The lowest BCUT2D eigenvalue weighted by atomic mass is 9.92. The van der Waals surface area contributed by atoms with E-state index in [4.69, 9.17) is 0 Å². The Balaban J connectivity index is 2.07. The molecule has 0 amide bonds. The summed E-state index contributed by atoms with van der Waals surface area (Å²) in [7, 11) is 0. The maximum absolute atomic E-state index is 9.93. The van der Waals surface area contributed by atoms with Crippen molar-refractivity contribution in [1.82, 2.24) is 0 Å². The number of hydrogen-bond donors (Lipinski definition) is 2. The lowest BCUT2D eigenvalue weighted by Crippen LogP contribution is -2.36. The molecule has 0 radical (unpaired) electrons. The van der Waals surface area contributed by atoms with E-state index < -0.39 is 0 Å². The molecule has 2 N–H and O–H groups in total. The maximum Gasteiger partial charge on any atom is 0.0741 e. The predicted octanol–water partition coefficient (Wildman–Crippen LogP) is 2.96. The Morgan fingerprint density at radius 3 is 2.75 bits per heavy atom. The van der Waals surface area contributed by atoms with Crippen LogP contribution in [-0.4, -0.2) is 17.3 Å². The van der Waals surface area contributed by atoms with Gasteiger partial charge in [-0.25, -0.2) is 0 Å². The number of nitrogens with one attached hydrogen (secondary N) is 1. The Bertz CT molecular complexity index is 337. The summed E-state index contributed by atoms with van der Waals surface area (Å²) in [4.78, 5) is 0. The van der Waals surface area contributed by atoms with Crippen molar-refractivity contribution in [1.29, 1.82) is 0 Å². The fraction of sp³-hybridized carbons (Fsp3) is 0.571. The largest absolute Gasteiger partial charge is 0.391 e. The molecular formula is C14H21NO. The van der Waals surface area contributed by atoms with Crippen molar-refractivity contribution >= 4 is 5.69 Å². The van der Waals surface area contributed by atoms with Gasteiger partial charge in [0, 0.05) is 5.69 Å². The van der Waals surface area contributed by atoms with E-state index in [2.05, 4.69) is 36.5 Å². The number of rotatable bonds is 3. The summed E-state index contributed by atoms with van der Waals surface area (Å²) < 4.78 is 0. The summed E-state index contributed by atoms with van der Waals surface area (Å²) in [6.45, 7) is 2.16. The molecule has 1 aromatic rings. The minimum Gasteiger partial charge on any atom is -0.391 e. The molecule has 0 spiro atoms. The summed E-state index contributed by atoms with van der Waals surface area (Å²) in [6.07, 6.45) is 5.26. The molecule has 2 rings (SSSR count). The van der Waals surface area contributed by atoms with Gasteiger partial charge in [0.2, 0.25) is 0 Å². The van der Waals surface area contributed by atoms with Crippen LogP contribution in [0.3, 0.4) is 0 Å². The van der Waals surface area contributed by atoms with Gasteiger partial charge in [0.15, 0.2) is 0 Å². The average Bonchev–Trinajstić information content (AvgIpc) is 2.33. The van der Waals surface area contributed by atoms with Crippen molar-refractivity contribution in [2.75, 3.05) is 5.32 Å². The van der Waals surface area contributed by atoms with E-state index in [1.807, 2.05) is 0 Å². The van der Waals surface area contributed by atoms with Crippen LogP contribution in [0.25, 0.3) is 0 Å². The second kappa shape index (κ2) is 5.35. The van der Waals surface area contributed by atoms with E-state index in [9.17, 15) is 5.11 Å². The van der Waals surface area contributed by atoms with Crippen molar-refractivity contribution in [3.05, 3.63) is 29.8 Å². The quantitative estimate of drug-likeness (QED) is 0.819. The van der Waals surface area contributed by atoms with Gasteiger partial charge >= 0.3 is 0 Å². The minimum absolute atomic E-state index is 0.182. The molecule has 0 heterocycles. The van der Waals surface area contributed by atoms with E-state index in [0.29, 0.717) is 0 Å². The molecular weight excluding hydrogens is 198 g/mol. The molecule has 0 aromatic heterocycles. The number of aliphatic hydroxyl groups is 1. The first-order valence-corrected chi connectivity index (χ1v) is 6.33. The van der Waals surface area contributed by atoms with Crippen molar-refractivity contribution in [2.24, 2.45) is 0 Å². The Morgan fingerprint density at radius 1 is 1.25 bits per heavy atom. The van der Waals surface area contributed by atoms with Crippen LogP contribution in [0.5, 0.6) is 0 Å². The Labute approximate surface area is 97.7 Å². The Kier molecular flexibility index (Phi) is 3.83. The van der Waals surface area contributed by atoms with Crippen molar-refractivity contribution in [3.63, 3.8) is 0 Å². The molecule has 0 unspecified atom stereocenters. The first-order valence-electron chi connectivity index (χ1n) is 6.33. The van der Waals surface area contributed by atoms with E-state index in [-0.39, 0.29) is 12.1 Å². The molecule has 88 valence electrons. The van der Waals surface area contributed by atoms with Crippen LogP contribution in [-0.2, 0) is 6.42 Å². The van der Waals surface area contributed by atoms with Crippen LogP contribution in [0.4, 0.5) is 5.69 Å². The number of anilines is 1. The molecule has 2 atom stereocenters. The highest BCUT2D eigenvalue weighted by Gasteiger charge is 2.22. The fourth-order valence-electron chi connectivity index (χ4n) is 2.45. The summed E-state index contributed by atoms with van der Waals surface area (Å²) in [6, 6.07) is 8.62. The first-order chi connectivity index (χ1) is 7.81. The molecule has 1 fully saturated rings. The van der Waals surface area contributed by atoms with Crippen LogP contribution in [0, 0.1) is 0 Å². The number of aliphatic hydroxyl groups excluding tert-OH is 1. The second-order valence-corrected chi connectivity index (χ2v) is 4.61. The molecule has 1 aliphatic rings. The van der Waals surface area contributed by atoms with E-state index in [1.165, 1.54) is 17.7 Å². The van der Waals surface area contributed by atoms with Gasteiger partial charge in [-0.1, -0.05) is 38.0 Å². The van der Waals surface area contributed by atoms with Crippen LogP contribution >= 0.6 is 0 Å². The highest BCUT2D eigenvalue weighted by Crippen LogP contribution is 2.24. The molecule has 2 nitrogen and oxygen atoms in total. The average molecular weight is 219 g/mol. The van der Waals surface area contributed by atoms with E-state index >= 15 is 0 Å². The highest BCUT2D eigenvalue weighted by molar-refractivity contribution is 5.52. The van der Waals surface area contributed by atoms with Gasteiger partial charge in [-0.15, -0.1) is 0 Å². The van der Waals surface area contributed by atoms with Crippen LogP contribution < -0.4 is 5.32 Å². The fourth-order valence-corrected chi connectivity index (χ4v) is 2.45. The van der Waals surface area contributed by atoms with E-state index in [1.54, 1.807) is 0 Å². The summed E-state index contributed by atoms with van der Waals surface area (Å²) in [5.41, 5.74) is 2.52. The molecule has 1 aromatic carbocycles. The summed E-state index contributed by atoms with van der Waals surface area (Å²) >= 11 is 0. The van der Waals surface area contributed by atoms with Crippen LogP contribution in [0.15, 0.2) is 24.3 Å². The van der Waals surface area contributed by atoms with Gasteiger partial charge in [0.1, 0.15) is 0 Å². The number of aryl methyl sites for hydroxylation is 1. The highest BCUT2D eigenvalue weighted by atomic mass is 16.3. The monoisotopic (exact) mass is 219 g/mol. The third-order valence-corrected chi connectivity index (χ3v) is 3.47. The van der Waals surface area contributed by atoms with Gasteiger partial charge < -0.3 is 10.4 Å². The van der Waals surface area contributed by atoms with Crippen LogP contribution in [0.2, 0.25) is 0 Å². The standard InChI is InChI=1S/C14H21NO/c1-2-11-7-3-4-8-12(11)15-13-9-5-6-10-14(13)16/h3-4,7-8,13-16H,2,5-6,9-10H2,1H3/t13-,14-/m1/s1. The Hall–Kier alpha value is -1.02. The van der Waals surface area contributed by atoms with E-state index in [0.717, 1.165) is 25.7 Å². The molecule has 2 heteroatoms. The van der Waals surface area contributed by atoms with Crippen LogP contribution in [0.1, 0.15) is 38.2 Å². The smallest absolute Gasteiger partial charge is 0.0741 e. The second-order valence-electron chi connectivity index (χ2n) is 4.61. The number of benzene rings is 1. The lowest BCUT2D eigenvalue weighted by molar-refractivity contribution is 0.116. The van der Waals surface area contributed by atoms with Crippen molar-refractivity contribution in [2.45, 2.75) is 51.2 Å². The van der Waals surface area contributed by atoms with Gasteiger partial charge in [0.05, 0.1) is 12.1 Å². The topological polar surface area (TPSA) is 32.3 Å². The SMILES string of the molecule is CCc1ccccc1N[C@@H]1CCCC[C@H]1O. The third-order valence-electron chi connectivity index (χ3n) is 3.47. The molecule has 0 bridgehead atoms. The number of para-hydroxylation sites is 1. The predicted molar refractivity (Wildman–Crippen MR) is 67.7 cm³/mol. The summed E-state index contributed by atoms with van der Waals surface area (Å²) in [5.74, 6) is 0.